The quantitative estimate of drug-likeness (QED) is 0.782. The number of carbonyl (C=O) groups is 1. The Kier molecular flexibility index (Phi) is 3.53. The number of fused-ring (bicyclic) bond motifs is 1. The molecule has 0 atom stereocenters. The zero-order valence-corrected chi connectivity index (χ0v) is 14.3. The molecule has 1 aliphatic carbocycles. The molecule has 4 rings (SSSR count). The molecule has 1 N–H and O–H groups in total. The molecule has 6 heteroatoms. The van der Waals surface area contributed by atoms with Crippen LogP contribution in [0.2, 0.25) is 5.02 Å². The molecule has 0 saturated heterocycles. The molecular weight excluding hydrogens is 324 g/mol. The summed E-state index contributed by atoms with van der Waals surface area (Å²) in [4.78, 5) is 17.6. The van der Waals surface area contributed by atoms with Gasteiger partial charge >= 0.3 is 0 Å². The van der Waals surface area contributed by atoms with Gasteiger partial charge in [-0.2, -0.15) is 5.10 Å². The van der Waals surface area contributed by atoms with E-state index < -0.39 is 0 Å². The second-order valence-corrected chi connectivity index (χ2v) is 6.67. The number of aromatic nitrogens is 3. The summed E-state index contributed by atoms with van der Waals surface area (Å²) in [5, 5.41) is 8.82. The van der Waals surface area contributed by atoms with E-state index in [4.69, 9.17) is 16.6 Å². The van der Waals surface area contributed by atoms with Gasteiger partial charge in [-0.15, -0.1) is 0 Å². The number of anilines is 1. The molecular formula is C18H17ClN4O. The zero-order valence-electron chi connectivity index (χ0n) is 13.5. The maximum absolute atomic E-state index is 12.9. The summed E-state index contributed by atoms with van der Waals surface area (Å²) in [5.41, 5.74) is 3.89. The van der Waals surface area contributed by atoms with Crippen molar-refractivity contribution in [3.63, 3.8) is 0 Å². The molecule has 1 saturated carbocycles. The smallest absolute Gasteiger partial charge is 0.256 e. The maximum atomic E-state index is 12.9. The monoisotopic (exact) mass is 340 g/mol. The Morgan fingerprint density at radius 3 is 2.67 bits per heavy atom. The molecule has 122 valence electrons. The summed E-state index contributed by atoms with van der Waals surface area (Å²) in [6.07, 6.45) is 2.27. The minimum absolute atomic E-state index is 0.150. The number of hydrogen-bond acceptors (Lipinski definition) is 3. The van der Waals surface area contributed by atoms with Gasteiger partial charge in [-0.25, -0.2) is 4.98 Å². The number of amides is 1. The van der Waals surface area contributed by atoms with Crippen molar-refractivity contribution in [3.05, 3.63) is 52.3 Å². The van der Waals surface area contributed by atoms with Crippen LogP contribution in [0.25, 0.3) is 11.0 Å². The van der Waals surface area contributed by atoms with Crippen LogP contribution in [-0.4, -0.2) is 20.7 Å². The molecule has 5 nitrogen and oxygen atoms in total. The maximum Gasteiger partial charge on any atom is 0.256 e. The lowest BCUT2D eigenvalue weighted by Crippen LogP contribution is -2.13. The van der Waals surface area contributed by atoms with Crippen molar-refractivity contribution in [2.45, 2.75) is 25.7 Å². The molecule has 24 heavy (non-hydrogen) atoms. The second kappa shape index (κ2) is 5.60. The molecule has 2 heterocycles. The van der Waals surface area contributed by atoms with E-state index in [2.05, 4.69) is 10.4 Å². The van der Waals surface area contributed by atoms with Crippen molar-refractivity contribution in [1.82, 2.24) is 14.8 Å². The normalized spacial score (nSPS) is 14.1. The van der Waals surface area contributed by atoms with Gasteiger partial charge in [0.25, 0.3) is 5.91 Å². The van der Waals surface area contributed by atoms with Gasteiger partial charge in [-0.05, 0) is 50.1 Å². The third-order valence-electron chi connectivity index (χ3n) is 4.33. The van der Waals surface area contributed by atoms with Gasteiger partial charge in [0.1, 0.15) is 0 Å². The lowest BCUT2D eigenvalue weighted by molar-refractivity contribution is 0.102. The predicted molar refractivity (Wildman–Crippen MR) is 94.6 cm³/mol. The van der Waals surface area contributed by atoms with Crippen LogP contribution in [0, 0.1) is 6.92 Å². The van der Waals surface area contributed by atoms with Crippen molar-refractivity contribution < 1.29 is 4.79 Å². The first-order valence-electron chi connectivity index (χ1n) is 7.94. The number of pyridine rings is 1. The SMILES string of the molecule is Cc1nn(C)c2nc(C3CC3)cc(C(=O)Nc3ccc(Cl)cc3)c12. The Bertz CT molecular complexity index is 942. The minimum atomic E-state index is -0.150. The number of halogens is 1. The number of rotatable bonds is 3. The number of aryl methyl sites for hydroxylation is 2. The van der Waals surface area contributed by atoms with Crippen molar-refractivity contribution in [2.24, 2.45) is 7.05 Å². The van der Waals surface area contributed by atoms with Crippen molar-refractivity contribution in [3.8, 4) is 0 Å². The van der Waals surface area contributed by atoms with Crippen LogP contribution in [-0.2, 0) is 7.05 Å². The summed E-state index contributed by atoms with van der Waals surface area (Å²) in [7, 11) is 1.86. The highest BCUT2D eigenvalue weighted by molar-refractivity contribution is 6.30. The Morgan fingerprint density at radius 1 is 1.29 bits per heavy atom. The molecule has 0 radical (unpaired) electrons. The molecule has 0 aliphatic heterocycles. The van der Waals surface area contributed by atoms with Gasteiger partial charge in [0.15, 0.2) is 5.65 Å². The number of nitrogens with zero attached hydrogens (tertiary/aromatic N) is 3. The van der Waals surface area contributed by atoms with Gasteiger partial charge in [-0.3, -0.25) is 9.48 Å². The number of benzene rings is 1. The van der Waals surface area contributed by atoms with Crippen molar-refractivity contribution in [1.29, 1.82) is 0 Å². The van der Waals surface area contributed by atoms with Gasteiger partial charge in [0, 0.05) is 29.4 Å². The molecule has 3 aromatic rings. The predicted octanol–water partition coefficient (Wildman–Crippen LogP) is 4.06. The van der Waals surface area contributed by atoms with Gasteiger partial charge < -0.3 is 5.32 Å². The highest BCUT2D eigenvalue weighted by atomic mass is 35.5. The zero-order chi connectivity index (χ0) is 16.8. The van der Waals surface area contributed by atoms with Crippen LogP contribution in [0.5, 0.6) is 0 Å². The van der Waals surface area contributed by atoms with Crippen molar-refractivity contribution >= 4 is 34.2 Å². The Labute approximate surface area is 144 Å². The van der Waals surface area contributed by atoms with Crippen LogP contribution < -0.4 is 5.32 Å². The van der Waals surface area contributed by atoms with Crippen LogP contribution in [0.1, 0.15) is 40.5 Å². The van der Waals surface area contributed by atoms with E-state index >= 15 is 0 Å². The lowest BCUT2D eigenvalue weighted by atomic mass is 10.1. The summed E-state index contributed by atoms with van der Waals surface area (Å²) >= 11 is 5.90. The van der Waals surface area contributed by atoms with Gasteiger partial charge in [0.05, 0.1) is 16.6 Å². The molecule has 1 aliphatic rings. The molecule has 1 aromatic carbocycles. The van der Waals surface area contributed by atoms with Crippen molar-refractivity contribution in [2.75, 3.05) is 5.32 Å². The topological polar surface area (TPSA) is 59.8 Å². The average molecular weight is 341 g/mol. The standard InChI is InChI=1S/C18H17ClN4O/c1-10-16-14(18(24)20-13-7-5-12(19)6-8-13)9-15(11-3-4-11)21-17(16)23(2)22-10/h5-9,11H,3-4H2,1-2H3,(H,20,24). The molecule has 1 amide bonds. The fourth-order valence-electron chi connectivity index (χ4n) is 2.96. The number of hydrogen-bond donors (Lipinski definition) is 1. The van der Waals surface area contributed by atoms with Crippen LogP contribution >= 0.6 is 11.6 Å². The summed E-state index contributed by atoms with van der Waals surface area (Å²) in [6.45, 7) is 1.90. The summed E-state index contributed by atoms with van der Waals surface area (Å²) < 4.78 is 1.75. The Balaban J connectivity index is 1.79. The number of nitrogens with one attached hydrogen (secondary N) is 1. The largest absolute Gasteiger partial charge is 0.322 e. The first kappa shape index (κ1) is 15.1. The van der Waals surface area contributed by atoms with Gasteiger partial charge in [-0.1, -0.05) is 11.6 Å². The Morgan fingerprint density at radius 2 is 2.00 bits per heavy atom. The molecule has 0 spiro atoms. The minimum Gasteiger partial charge on any atom is -0.322 e. The average Bonchev–Trinajstić information content (AvgIpc) is 3.36. The fraction of sp³-hybridized carbons (Fsp3) is 0.278. The van der Waals surface area contributed by atoms with Crippen LogP contribution in [0.4, 0.5) is 5.69 Å². The highest BCUT2D eigenvalue weighted by Crippen LogP contribution is 2.40. The molecule has 2 aromatic heterocycles. The van der Waals surface area contributed by atoms with E-state index in [1.54, 1.807) is 28.9 Å². The summed E-state index contributed by atoms with van der Waals surface area (Å²) in [6, 6.07) is 9.00. The fourth-order valence-corrected chi connectivity index (χ4v) is 3.09. The van der Waals surface area contributed by atoms with E-state index in [1.165, 1.54) is 0 Å². The summed E-state index contributed by atoms with van der Waals surface area (Å²) in [5.74, 6) is 0.314. The van der Waals surface area contributed by atoms with E-state index in [0.29, 0.717) is 22.2 Å². The van der Waals surface area contributed by atoms with Crippen LogP contribution in [0.15, 0.2) is 30.3 Å². The second-order valence-electron chi connectivity index (χ2n) is 6.24. The molecule has 0 bridgehead atoms. The number of carbonyl (C=O) groups excluding carboxylic acids is 1. The first-order chi connectivity index (χ1) is 11.5. The Hall–Kier alpha value is -2.40. The van der Waals surface area contributed by atoms with E-state index in [9.17, 15) is 4.79 Å². The van der Waals surface area contributed by atoms with Crippen LogP contribution in [0.3, 0.4) is 0 Å². The first-order valence-corrected chi connectivity index (χ1v) is 8.32. The highest BCUT2D eigenvalue weighted by Gasteiger charge is 2.28. The third kappa shape index (κ3) is 2.65. The van der Waals surface area contributed by atoms with E-state index in [0.717, 1.165) is 35.3 Å². The van der Waals surface area contributed by atoms with E-state index in [-0.39, 0.29) is 5.91 Å². The molecule has 1 fully saturated rings. The third-order valence-corrected chi connectivity index (χ3v) is 4.58. The lowest BCUT2D eigenvalue weighted by Gasteiger charge is -2.09. The van der Waals surface area contributed by atoms with Gasteiger partial charge in [0.2, 0.25) is 0 Å². The van der Waals surface area contributed by atoms with E-state index in [1.807, 2.05) is 20.0 Å². The molecule has 0 unspecified atom stereocenters.